The molecule has 0 aromatic carbocycles. The first-order chi connectivity index (χ1) is 9.88. The molecule has 120 valence electrons. The fourth-order valence-corrected chi connectivity index (χ4v) is 5.62. The minimum atomic E-state index is -3.40. The molecule has 0 unspecified atom stereocenters. The van der Waals surface area contributed by atoms with Crippen LogP contribution in [-0.4, -0.2) is 21.5 Å². The molecule has 2 N–H and O–H groups in total. The third-order valence-corrected chi connectivity index (χ3v) is 7.08. The van der Waals surface area contributed by atoms with Crippen LogP contribution in [0.25, 0.3) is 0 Å². The zero-order valence-corrected chi connectivity index (χ0v) is 14.8. The van der Waals surface area contributed by atoms with Gasteiger partial charge in [0.2, 0.25) is 10.0 Å². The summed E-state index contributed by atoms with van der Waals surface area (Å²) in [7, 11) is -3.40. The van der Waals surface area contributed by atoms with E-state index in [1.165, 1.54) is 17.8 Å². The molecule has 0 radical (unpaired) electrons. The number of rotatable bonds is 8. The maximum absolute atomic E-state index is 12.6. The zero-order valence-electron chi connectivity index (χ0n) is 13.2. The van der Waals surface area contributed by atoms with E-state index in [0.717, 1.165) is 36.2 Å². The number of thiophene rings is 1. The molecule has 21 heavy (non-hydrogen) atoms. The first-order valence-electron chi connectivity index (χ1n) is 7.65. The maximum Gasteiger partial charge on any atom is 0.242 e. The largest absolute Gasteiger partial charge is 0.312 e. The lowest BCUT2D eigenvalue weighted by atomic mass is 9.71. The summed E-state index contributed by atoms with van der Waals surface area (Å²) in [5.74, 6) is 0. The summed E-state index contributed by atoms with van der Waals surface area (Å²) in [6.07, 6.45) is 4.48. The van der Waals surface area contributed by atoms with E-state index in [1.807, 2.05) is 12.3 Å². The summed E-state index contributed by atoms with van der Waals surface area (Å²) < 4.78 is 28.1. The van der Waals surface area contributed by atoms with E-state index in [-0.39, 0.29) is 5.41 Å². The van der Waals surface area contributed by atoms with Gasteiger partial charge in [0.1, 0.15) is 4.90 Å². The first kappa shape index (κ1) is 16.9. The van der Waals surface area contributed by atoms with Crippen LogP contribution in [0, 0.1) is 12.3 Å². The van der Waals surface area contributed by atoms with E-state index in [9.17, 15) is 8.42 Å². The molecule has 1 aromatic rings. The highest BCUT2D eigenvalue weighted by Crippen LogP contribution is 2.40. The lowest BCUT2D eigenvalue weighted by Gasteiger charge is -2.38. The van der Waals surface area contributed by atoms with Crippen LogP contribution in [0.5, 0.6) is 0 Å². The average Bonchev–Trinajstić information content (AvgIpc) is 2.77. The molecular weight excluding hydrogens is 304 g/mol. The lowest BCUT2D eigenvalue weighted by Crippen LogP contribution is -2.40. The molecule has 0 saturated heterocycles. The third-order valence-electron chi connectivity index (χ3n) is 4.22. The number of hydrogen-bond donors (Lipinski definition) is 2. The molecular formula is C15H26N2O2S2. The van der Waals surface area contributed by atoms with Crippen molar-refractivity contribution in [3.63, 3.8) is 0 Å². The Morgan fingerprint density at radius 2 is 2.10 bits per heavy atom. The van der Waals surface area contributed by atoms with Gasteiger partial charge in [0.15, 0.2) is 0 Å². The molecule has 0 amide bonds. The summed E-state index contributed by atoms with van der Waals surface area (Å²) in [5.41, 5.74) is 0.997. The van der Waals surface area contributed by atoms with Gasteiger partial charge in [-0.3, -0.25) is 0 Å². The second-order valence-corrected chi connectivity index (χ2v) is 9.00. The van der Waals surface area contributed by atoms with Crippen molar-refractivity contribution in [2.45, 2.75) is 57.9 Å². The van der Waals surface area contributed by atoms with Gasteiger partial charge in [-0.2, -0.15) is 0 Å². The standard InChI is InChI=1S/C15H26N2O2S2/c1-4-8-16-9-13-14(12(2)10-20-13)21(18,19)17-11-15(3)6-5-7-15/h10,16-17H,4-9,11H2,1-3H3. The van der Waals surface area contributed by atoms with Gasteiger partial charge in [-0.05, 0) is 49.1 Å². The molecule has 1 fully saturated rings. The van der Waals surface area contributed by atoms with Gasteiger partial charge in [0.05, 0.1) is 0 Å². The van der Waals surface area contributed by atoms with Gasteiger partial charge >= 0.3 is 0 Å². The number of hydrogen-bond acceptors (Lipinski definition) is 4. The van der Waals surface area contributed by atoms with Crippen LogP contribution in [0.3, 0.4) is 0 Å². The molecule has 2 rings (SSSR count). The molecule has 0 aliphatic heterocycles. The Labute approximate surface area is 132 Å². The van der Waals surface area contributed by atoms with Crippen molar-refractivity contribution in [1.29, 1.82) is 0 Å². The first-order valence-corrected chi connectivity index (χ1v) is 10.0. The van der Waals surface area contributed by atoms with Gasteiger partial charge in [-0.15, -0.1) is 11.3 Å². The van der Waals surface area contributed by atoms with Crippen LogP contribution >= 0.6 is 11.3 Å². The Hall–Kier alpha value is -0.430. The molecule has 0 spiro atoms. The van der Waals surface area contributed by atoms with Gasteiger partial charge in [-0.1, -0.05) is 20.3 Å². The van der Waals surface area contributed by atoms with Crippen LogP contribution in [0.4, 0.5) is 0 Å². The normalized spacial score (nSPS) is 17.7. The number of aryl methyl sites for hydroxylation is 1. The van der Waals surface area contributed by atoms with Crippen molar-refractivity contribution >= 4 is 21.4 Å². The van der Waals surface area contributed by atoms with Gasteiger partial charge in [-0.25, -0.2) is 13.1 Å². The van der Waals surface area contributed by atoms with Crippen molar-refractivity contribution in [2.24, 2.45) is 5.41 Å². The molecule has 1 aromatic heterocycles. The molecule has 0 bridgehead atoms. The van der Waals surface area contributed by atoms with E-state index < -0.39 is 10.0 Å². The van der Waals surface area contributed by atoms with Crippen LogP contribution in [0.2, 0.25) is 0 Å². The highest BCUT2D eigenvalue weighted by molar-refractivity contribution is 7.89. The summed E-state index contributed by atoms with van der Waals surface area (Å²) in [5, 5.41) is 5.22. The molecule has 1 saturated carbocycles. The van der Waals surface area contributed by atoms with Crippen molar-refractivity contribution in [3.8, 4) is 0 Å². The number of nitrogens with one attached hydrogen (secondary N) is 2. The Kier molecular flexibility index (Phi) is 5.46. The van der Waals surface area contributed by atoms with E-state index in [0.29, 0.717) is 18.0 Å². The smallest absolute Gasteiger partial charge is 0.242 e. The molecule has 0 atom stereocenters. The predicted molar refractivity (Wildman–Crippen MR) is 88.2 cm³/mol. The Bertz CT molecular complexity index is 574. The fraction of sp³-hybridized carbons (Fsp3) is 0.733. The Morgan fingerprint density at radius 1 is 1.38 bits per heavy atom. The third kappa shape index (κ3) is 4.06. The monoisotopic (exact) mass is 330 g/mol. The second-order valence-electron chi connectivity index (χ2n) is 6.34. The minimum Gasteiger partial charge on any atom is -0.312 e. The Balaban J connectivity index is 2.09. The minimum absolute atomic E-state index is 0.150. The lowest BCUT2D eigenvalue weighted by molar-refractivity contribution is 0.166. The van der Waals surface area contributed by atoms with Crippen molar-refractivity contribution in [1.82, 2.24) is 10.0 Å². The van der Waals surface area contributed by atoms with E-state index in [2.05, 4.69) is 23.9 Å². The average molecular weight is 331 g/mol. The zero-order chi connectivity index (χ0) is 15.5. The Morgan fingerprint density at radius 3 is 2.67 bits per heavy atom. The highest BCUT2D eigenvalue weighted by Gasteiger charge is 2.34. The molecule has 6 heteroatoms. The molecule has 1 aliphatic rings. The second kappa shape index (κ2) is 6.77. The van der Waals surface area contributed by atoms with Crippen LogP contribution in [0.1, 0.15) is 50.0 Å². The fourth-order valence-electron chi connectivity index (χ4n) is 2.65. The summed E-state index contributed by atoms with van der Waals surface area (Å²) in [4.78, 5) is 1.39. The maximum atomic E-state index is 12.6. The summed E-state index contributed by atoms with van der Waals surface area (Å²) >= 11 is 1.52. The highest BCUT2D eigenvalue weighted by atomic mass is 32.2. The van der Waals surface area contributed by atoms with E-state index >= 15 is 0 Å². The number of sulfonamides is 1. The summed E-state index contributed by atoms with van der Waals surface area (Å²) in [6, 6.07) is 0. The molecule has 4 nitrogen and oxygen atoms in total. The van der Waals surface area contributed by atoms with Gasteiger partial charge in [0.25, 0.3) is 0 Å². The predicted octanol–water partition coefficient (Wildman–Crippen LogP) is 3.02. The topological polar surface area (TPSA) is 58.2 Å². The van der Waals surface area contributed by atoms with Crippen molar-refractivity contribution < 1.29 is 8.42 Å². The van der Waals surface area contributed by atoms with Gasteiger partial charge in [0, 0.05) is 18.0 Å². The quantitative estimate of drug-likeness (QED) is 0.720. The van der Waals surface area contributed by atoms with Crippen LogP contribution < -0.4 is 10.0 Å². The van der Waals surface area contributed by atoms with Crippen LogP contribution in [-0.2, 0) is 16.6 Å². The van der Waals surface area contributed by atoms with Crippen molar-refractivity contribution in [3.05, 3.63) is 15.8 Å². The van der Waals surface area contributed by atoms with E-state index in [4.69, 9.17) is 0 Å². The summed E-state index contributed by atoms with van der Waals surface area (Å²) in [6.45, 7) is 8.21. The molecule has 1 heterocycles. The van der Waals surface area contributed by atoms with Crippen molar-refractivity contribution in [2.75, 3.05) is 13.1 Å². The van der Waals surface area contributed by atoms with E-state index in [1.54, 1.807) is 0 Å². The molecule has 1 aliphatic carbocycles. The van der Waals surface area contributed by atoms with Crippen LogP contribution in [0.15, 0.2) is 10.3 Å². The van der Waals surface area contributed by atoms with Gasteiger partial charge < -0.3 is 5.32 Å². The SMILES string of the molecule is CCCNCc1scc(C)c1S(=O)(=O)NCC1(C)CCC1.